The van der Waals surface area contributed by atoms with Crippen LogP contribution in [0.2, 0.25) is 0 Å². The zero-order chi connectivity index (χ0) is 12.1. The number of nitrogens with zero attached hydrogens (tertiary/aromatic N) is 3. The summed E-state index contributed by atoms with van der Waals surface area (Å²) < 4.78 is 5.00. The highest BCUT2D eigenvalue weighted by Crippen LogP contribution is 2.09. The zero-order valence-corrected chi connectivity index (χ0v) is 9.84. The van der Waals surface area contributed by atoms with Gasteiger partial charge in [0.05, 0.1) is 7.11 Å². The van der Waals surface area contributed by atoms with Crippen LogP contribution in [-0.2, 0) is 6.54 Å². The van der Waals surface area contributed by atoms with Crippen LogP contribution < -0.4 is 10.1 Å². The van der Waals surface area contributed by atoms with Gasteiger partial charge in [0.15, 0.2) is 0 Å². The minimum atomic E-state index is 0.617. The van der Waals surface area contributed by atoms with Crippen molar-refractivity contribution in [1.29, 1.82) is 0 Å². The molecule has 0 aliphatic carbocycles. The second kappa shape index (κ2) is 5.25. The Morgan fingerprint density at radius 3 is 2.76 bits per heavy atom. The average Bonchev–Trinajstić information content (AvgIpc) is 2.37. The summed E-state index contributed by atoms with van der Waals surface area (Å²) in [6, 6.07) is 5.70. The van der Waals surface area contributed by atoms with Gasteiger partial charge in [-0.25, -0.2) is 15.0 Å². The third-order valence-electron chi connectivity index (χ3n) is 2.28. The van der Waals surface area contributed by atoms with Gasteiger partial charge >= 0.3 is 0 Å². The lowest BCUT2D eigenvalue weighted by atomic mass is 10.3. The first-order valence-corrected chi connectivity index (χ1v) is 5.29. The van der Waals surface area contributed by atoms with Crippen LogP contribution in [0.4, 0.5) is 5.82 Å². The first kappa shape index (κ1) is 11.3. The first-order valence-electron chi connectivity index (χ1n) is 5.29. The largest absolute Gasteiger partial charge is 0.481 e. The minimum Gasteiger partial charge on any atom is -0.481 e. The van der Waals surface area contributed by atoms with Crippen molar-refractivity contribution in [1.82, 2.24) is 15.0 Å². The number of nitrogens with one attached hydrogen (secondary N) is 1. The molecule has 0 spiro atoms. The molecule has 0 saturated carbocycles. The molecule has 0 aliphatic rings. The van der Waals surface area contributed by atoms with Gasteiger partial charge < -0.3 is 10.1 Å². The number of anilines is 1. The van der Waals surface area contributed by atoms with E-state index < -0.39 is 0 Å². The lowest BCUT2D eigenvalue weighted by molar-refractivity contribution is 0.397. The molecule has 0 unspecified atom stereocenters. The summed E-state index contributed by atoms with van der Waals surface area (Å²) in [5.41, 5.74) is 2.01. The first-order chi connectivity index (χ1) is 8.28. The molecule has 2 aromatic rings. The van der Waals surface area contributed by atoms with Crippen LogP contribution >= 0.6 is 0 Å². The number of ether oxygens (including phenoxy) is 1. The molecule has 0 amide bonds. The minimum absolute atomic E-state index is 0.617. The van der Waals surface area contributed by atoms with Crippen LogP contribution in [0.3, 0.4) is 0 Å². The van der Waals surface area contributed by atoms with Gasteiger partial charge in [0.2, 0.25) is 5.88 Å². The third-order valence-corrected chi connectivity index (χ3v) is 2.28. The van der Waals surface area contributed by atoms with E-state index in [1.54, 1.807) is 19.6 Å². The molecule has 0 saturated heterocycles. The molecule has 5 nitrogen and oxygen atoms in total. The van der Waals surface area contributed by atoms with E-state index in [0.717, 1.165) is 17.1 Å². The Balaban J connectivity index is 1.97. The summed E-state index contributed by atoms with van der Waals surface area (Å²) in [6.07, 6.45) is 3.32. The molecule has 2 heterocycles. The highest BCUT2D eigenvalue weighted by molar-refractivity contribution is 5.35. The molecule has 0 radical (unpaired) electrons. The van der Waals surface area contributed by atoms with Gasteiger partial charge in [0.1, 0.15) is 12.1 Å². The number of rotatable bonds is 4. The van der Waals surface area contributed by atoms with Gasteiger partial charge in [0.25, 0.3) is 0 Å². The van der Waals surface area contributed by atoms with E-state index in [1.807, 2.05) is 25.1 Å². The number of methoxy groups -OCH3 is 1. The maximum Gasteiger partial charge on any atom is 0.212 e. The van der Waals surface area contributed by atoms with Crippen molar-refractivity contribution in [3.05, 3.63) is 42.0 Å². The van der Waals surface area contributed by atoms with Gasteiger partial charge in [-0.15, -0.1) is 0 Å². The number of hydrogen-bond donors (Lipinski definition) is 1. The van der Waals surface area contributed by atoms with Crippen LogP contribution in [0.25, 0.3) is 0 Å². The van der Waals surface area contributed by atoms with Crippen molar-refractivity contribution in [2.75, 3.05) is 12.4 Å². The van der Waals surface area contributed by atoms with E-state index in [4.69, 9.17) is 4.74 Å². The lowest BCUT2D eigenvalue weighted by Crippen LogP contribution is -2.02. The Morgan fingerprint density at radius 1 is 1.24 bits per heavy atom. The molecule has 0 bridgehead atoms. The topological polar surface area (TPSA) is 59.9 Å². The third kappa shape index (κ3) is 3.14. The molecule has 1 N–H and O–H groups in total. The van der Waals surface area contributed by atoms with Gasteiger partial charge in [-0.2, -0.15) is 0 Å². The highest BCUT2D eigenvalue weighted by Gasteiger charge is 1.97. The van der Waals surface area contributed by atoms with Gasteiger partial charge in [-0.1, -0.05) is 6.07 Å². The Kier molecular flexibility index (Phi) is 3.49. The SMILES string of the molecule is COc1ccc(CNc2cc(C)ncn2)cn1. The van der Waals surface area contributed by atoms with E-state index in [0.29, 0.717) is 12.4 Å². The fourth-order valence-corrected chi connectivity index (χ4v) is 1.38. The molecule has 17 heavy (non-hydrogen) atoms. The number of hydrogen-bond acceptors (Lipinski definition) is 5. The maximum absolute atomic E-state index is 5.00. The highest BCUT2D eigenvalue weighted by atomic mass is 16.5. The van der Waals surface area contributed by atoms with Crippen LogP contribution in [0.1, 0.15) is 11.3 Å². The van der Waals surface area contributed by atoms with Crippen molar-refractivity contribution in [2.45, 2.75) is 13.5 Å². The summed E-state index contributed by atoms with van der Waals surface area (Å²) in [6.45, 7) is 2.61. The summed E-state index contributed by atoms with van der Waals surface area (Å²) in [5.74, 6) is 1.43. The molecular formula is C12H14N4O. The van der Waals surface area contributed by atoms with Crippen molar-refractivity contribution in [3.8, 4) is 5.88 Å². The normalized spacial score (nSPS) is 10.0. The van der Waals surface area contributed by atoms with E-state index in [-0.39, 0.29) is 0 Å². The Hall–Kier alpha value is -2.17. The quantitative estimate of drug-likeness (QED) is 0.867. The fraction of sp³-hybridized carbons (Fsp3) is 0.250. The summed E-state index contributed by atoms with van der Waals surface area (Å²) in [4.78, 5) is 12.3. The Bertz CT molecular complexity index is 484. The van der Waals surface area contributed by atoms with E-state index in [2.05, 4.69) is 20.3 Å². The smallest absolute Gasteiger partial charge is 0.212 e. The standard InChI is InChI=1S/C12H14N4O/c1-9-5-11(16-8-15-9)13-6-10-3-4-12(17-2)14-7-10/h3-5,7-8H,6H2,1-2H3,(H,13,15,16). The van der Waals surface area contributed by atoms with Gasteiger partial charge in [-0.05, 0) is 12.5 Å². The Labute approximate surface area is 99.9 Å². The van der Waals surface area contributed by atoms with E-state index >= 15 is 0 Å². The molecule has 0 atom stereocenters. The predicted molar refractivity (Wildman–Crippen MR) is 64.9 cm³/mol. The fourth-order valence-electron chi connectivity index (χ4n) is 1.38. The molecule has 88 valence electrons. The average molecular weight is 230 g/mol. The lowest BCUT2D eigenvalue weighted by Gasteiger charge is -2.06. The summed E-state index contributed by atoms with van der Waals surface area (Å²) in [7, 11) is 1.60. The molecule has 2 rings (SSSR count). The molecule has 0 aliphatic heterocycles. The van der Waals surface area contributed by atoms with Crippen LogP contribution in [0.15, 0.2) is 30.7 Å². The second-order valence-electron chi connectivity index (χ2n) is 3.61. The van der Waals surface area contributed by atoms with Gasteiger partial charge in [-0.3, -0.25) is 0 Å². The van der Waals surface area contributed by atoms with Crippen molar-refractivity contribution < 1.29 is 4.74 Å². The second-order valence-corrected chi connectivity index (χ2v) is 3.61. The van der Waals surface area contributed by atoms with E-state index in [1.165, 1.54) is 0 Å². The Morgan fingerprint density at radius 2 is 2.12 bits per heavy atom. The van der Waals surface area contributed by atoms with Crippen LogP contribution in [-0.4, -0.2) is 22.1 Å². The molecule has 0 fully saturated rings. The zero-order valence-electron chi connectivity index (χ0n) is 9.84. The molecule has 2 aromatic heterocycles. The number of aryl methyl sites for hydroxylation is 1. The number of pyridine rings is 1. The molecule has 5 heteroatoms. The summed E-state index contributed by atoms with van der Waals surface area (Å²) in [5, 5.41) is 3.21. The summed E-state index contributed by atoms with van der Waals surface area (Å²) >= 11 is 0. The monoisotopic (exact) mass is 230 g/mol. The number of aromatic nitrogens is 3. The van der Waals surface area contributed by atoms with Crippen LogP contribution in [0, 0.1) is 6.92 Å². The van der Waals surface area contributed by atoms with Crippen molar-refractivity contribution in [3.63, 3.8) is 0 Å². The maximum atomic E-state index is 5.00. The van der Waals surface area contributed by atoms with E-state index in [9.17, 15) is 0 Å². The van der Waals surface area contributed by atoms with Crippen LogP contribution in [0.5, 0.6) is 5.88 Å². The molecular weight excluding hydrogens is 216 g/mol. The van der Waals surface area contributed by atoms with Gasteiger partial charge in [0, 0.05) is 30.6 Å². The molecule has 0 aromatic carbocycles. The predicted octanol–water partition coefficient (Wildman–Crippen LogP) is 1.80. The van der Waals surface area contributed by atoms with Crippen molar-refractivity contribution >= 4 is 5.82 Å². The van der Waals surface area contributed by atoms with Crippen molar-refractivity contribution in [2.24, 2.45) is 0 Å².